The number of non-ortho nitro benzene ring substituents is 1. The van der Waals surface area contributed by atoms with Crippen LogP contribution in [0.5, 0.6) is 0 Å². The Kier molecular flexibility index (Phi) is 5.28. The Balaban J connectivity index is 1.46. The van der Waals surface area contributed by atoms with Crippen LogP contribution in [0.2, 0.25) is 0 Å². The number of amides is 1. The number of carbonyl (C=O) groups excluding carboxylic acids is 1. The first kappa shape index (κ1) is 17.0. The smallest absolute Gasteiger partial charge is 0.269 e. The van der Waals surface area contributed by atoms with Gasteiger partial charge in [0, 0.05) is 43.0 Å². The van der Waals surface area contributed by atoms with Gasteiger partial charge in [-0.15, -0.1) is 0 Å². The van der Waals surface area contributed by atoms with Crippen LogP contribution >= 0.6 is 0 Å². The Labute approximate surface area is 146 Å². The molecule has 6 heteroatoms. The molecule has 130 valence electrons. The third-order valence-corrected chi connectivity index (χ3v) is 4.60. The Hall–Kier alpha value is -2.89. The third-order valence-electron chi connectivity index (χ3n) is 4.60. The topological polar surface area (TPSA) is 75.5 Å². The van der Waals surface area contributed by atoms with E-state index in [9.17, 15) is 14.9 Å². The summed E-state index contributed by atoms with van der Waals surface area (Å²) < 4.78 is 0. The van der Waals surface area contributed by atoms with E-state index in [1.165, 1.54) is 12.1 Å². The van der Waals surface area contributed by atoms with Gasteiger partial charge in [0.1, 0.15) is 0 Å². The molecule has 0 spiro atoms. The molecule has 0 bridgehead atoms. The molecule has 2 aromatic rings. The SMILES string of the molecule is O=C(c1ccccc1)N1CCC(CNc2ccc([N+](=O)[O-])cc2)CC1. The second kappa shape index (κ2) is 7.79. The van der Waals surface area contributed by atoms with Crippen LogP contribution in [0.4, 0.5) is 11.4 Å². The largest absolute Gasteiger partial charge is 0.385 e. The number of nitro groups is 1. The number of likely N-dealkylation sites (tertiary alicyclic amines) is 1. The van der Waals surface area contributed by atoms with E-state index in [4.69, 9.17) is 0 Å². The van der Waals surface area contributed by atoms with Gasteiger partial charge in [0.15, 0.2) is 0 Å². The van der Waals surface area contributed by atoms with E-state index in [2.05, 4.69) is 5.32 Å². The molecule has 0 saturated carbocycles. The summed E-state index contributed by atoms with van der Waals surface area (Å²) in [7, 11) is 0. The molecule has 3 rings (SSSR count). The van der Waals surface area contributed by atoms with E-state index in [-0.39, 0.29) is 11.6 Å². The average Bonchev–Trinajstić information content (AvgIpc) is 2.67. The normalized spacial score (nSPS) is 15.0. The van der Waals surface area contributed by atoms with Crippen molar-refractivity contribution in [3.05, 3.63) is 70.3 Å². The molecule has 1 aliphatic heterocycles. The monoisotopic (exact) mass is 339 g/mol. The summed E-state index contributed by atoms with van der Waals surface area (Å²) in [4.78, 5) is 24.6. The predicted molar refractivity (Wildman–Crippen MR) is 96.7 cm³/mol. The van der Waals surface area contributed by atoms with Crippen molar-refractivity contribution < 1.29 is 9.72 Å². The van der Waals surface area contributed by atoms with E-state index in [1.54, 1.807) is 12.1 Å². The zero-order chi connectivity index (χ0) is 17.6. The molecule has 2 aromatic carbocycles. The van der Waals surface area contributed by atoms with Crippen molar-refractivity contribution >= 4 is 17.3 Å². The van der Waals surface area contributed by atoms with E-state index in [1.807, 2.05) is 35.2 Å². The summed E-state index contributed by atoms with van der Waals surface area (Å²) in [5, 5.41) is 14.0. The van der Waals surface area contributed by atoms with Gasteiger partial charge >= 0.3 is 0 Å². The summed E-state index contributed by atoms with van der Waals surface area (Å²) in [5.74, 6) is 0.595. The summed E-state index contributed by atoms with van der Waals surface area (Å²) in [6, 6.07) is 15.8. The first-order valence-electron chi connectivity index (χ1n) is 8.46. The average molecular weight is 339 g/mol. The maximum absolute atomic E-state index is 12.4. The Morgan fingerprint density at radius 3 is 2.32 bits per heavy atom. The van der Waals surface area contributed by atoms with Crippen molar-refractivity contribution in [2.24, 2.45) is 5.92 Å². The number of nitrogens with zero attached hydrogens (tertiary/aromatic N) is 2. The molecule has 0 aromatic heterocycles. The molecule has 1 saturated heterocycles. The summed E-state index contributed by atoms with van der Waals surface area (Å²) in [5.41, 5.74) is 1.72. The minimum atomic E-state index is -0.400. The Bertz CT molecular complexity index is 723. The number of nitrogens with one attached hydrogen (secondary N) is 1. The molecule has 25 heavy (non-hydrogen) atoms. The van der Waals surface area contributed by atoms with Crippen LogP contribution in [-0.2, 0) is 0 Å². The standard InChI is InChI=1S/C19H21N3O3/c23-19(16-4-2-1-3-5-16)21-12-10-15(11-13-21)14-20-17-6-8-18(9-7-17)22(24)25/h1-9,15,20H,10-14H2. The van der Waals surface area contributed by atoms with Crippen LogP contribution in [0.15, 0.2) is 54.6 Å². The van der Waals surface area contributed by atoms with Gasteiger partial charge in [-0.1, -0.05) is 18.2 Å². The summed E-state index contributed by atoms with van der Waals surface area (Å²) in [6.45, 7) is 2.34. The van der Waals surface area contributed by atoms with Gasteiger partial charge in [-0.3, -0.25) is 14.9 Å². The molecule has 6 nitrogen and oxygen atoms in total. The predicted octanol–water partition coefficient (Wildman–Crippen LogP) is 3.56. The molecule has 0 unspecified atom stereocenters. The Morgan fingerprint density at radius 1 is 1.08 bits per heavy atom. The zero-order valence-electron chi connectivity index (χ0n) is 13.9. The minimum absolute atomic E-state index is 0.0956. The molecule has 1 amide bonds. The highest BCUT2D eigenvalue weighted by Gasteiger charge is 2.23. The van der Waals surface area contributed by atoms with Crippen LogP contribution in [-0.4, -0.2) is 35.4 Å². The summed E-state index contributed by atoms with van der Waals surface area (Å²) >= 11 is 0. The van der Waals surface area contributed by atoms with Crippen molar-refractivity contribution in [3.8, 4) is 0 Å². The molecular weight excluding hydrogens is 318 g/mol. The van der Waals surface area contributed by atoms with E-state index >= 15 is 0 Å². The minimum Gasteiger partial charge on any atom is -0.385 e. The van der Waals surface area contributed by atoms with Crippen LogP contribution in [0.3, 0.4) is 0 Å². The Morgan fingerprint density at radius 2 is 1.72 bits per heavy atom. The van der Waals surface area contributed by atoms with Crippen LogP contribution in [0.25, 0.3) is 0 Å². The van der Waals surface area contributed by atoms with Gasteiger partial charge in [0.2, 0.25) is 0 Å². The molecule has 0 radical (unpaired) electrons. The van der Waals surface area contributed by atoms with Gasteiger partial charge in [0.25, 0.3) is 11.6 Å². The van der Waals surface area contributed by atoms with Crippen molar-refractivity contribution in [2.75, 3.05) is 25.0 Å². The second-order valence-corrected chi connectivity index (χ2v) is 6.29. The molecule has 1 fully saturated rings. The lowest BCUT2D eigenvalue weighted by Crippen LogP contribution is -2.39. The fourth-order valence-corrected chi connectivity index (χ4v) is 3.07. The third kappa shape index (κ3) is 4.35. The summed E-state index contributed by atoms with van der Waals surface area (Å²) in [6.07, 6.45) is 1.91. The van der Waals surface area contributed by atoms with Crippen molar-refractivity contribution in [1.29, 1.82) is 0 Å². The van der Waals surface area contributed by atoms with E-state index < -0.39 is 4.92 Å². The lowest BCUT2D eigenvalue weighted by Gasteiger charge is -2.32. The molecular formula is C19H21N3O3. The van der Waals surface area contributed by atoms with Gasteiger partial charge in [-0.05, 0) is 43.0 Å². The van der Waals surface area contributed by atoms with Crippen LogP contribution in [0, 0.1) is 16.0 Å². The van der Waals surface area contributed by atoms with Gasteiger partial charge in [-0.25, -0.2) is 0 Å². The number of hydrogen-bond donors (Lipinski definition) is 1. The van der Waals surface area contributed by atoms with Crippen molar-refractivity contribution in [2.45, 2.75) is 12.8 Å². The highest BCUT2D eigenvalue weighted by Crippen LogP contribution is 2.21. The van der Waals surface area contributed by atoms with Gasteiger partial charge in [-0.2, -0.15) is 0 Å². The lowest BCUT2D eigenvalue weighted by atomic mass is 9.96. The maximum Gasteiger partial charge on any atom is 0.269 e. The highest BCUT2D eigenvalue weighted by molar-refractivity contribution is 5.94. The number of rotatable bonds is 5. The van der Waals surface area contributed by atoms with E-state index in [0.717, 1.165) is 43.7 Å². The fourth-order valence-electron chi connectivity index (χ4n) is 3.07. The van der Waals surface area contributed by atoms with Gasteiger partial charge < -0.3 is 10.2 Å². The van der Waals surface area contributed by atoms with Gasteiger partial charge in [0.05, 0.1) is 4.92 Å². The number of nitro benzene ring substituents is 1. The molecule has 1 aliphatic rings. The molecule has 0 atom stereocenters. The number of piperidine rings is 1. The number of anilines is 1. The maximum atomic E-state index is 12.4. The number of carbonyl (C=O) groups is 1. The van der Waals surface area contributed by atoms with E-state index in [0.29, 0.717) is 5.92 Å². The molecule has 0 aliphatic carbocycles. The number of hydrogen-bond acceptors (Lipinski definition) is 4. The second-order valence-electron chi connectivity index (χ2n) is 6.29. The van der Waals surface area contributed by atoms with Crippen LogP contribution in [0.1, 0.15) is 23.2 Å². The first-order chi connectivity index (χ1) is 12.1. The van der Waals surface area contributed by atoms with Crippen molar-refractivity contribution in [3.63, 3.8) is 0 Å². The number of benzene rings is 2. The molecule has 1 heterocycles. The first-order valence-corrected chi connectivity index (χ1v) is 8.46. The highest BCUT2D eigenvalue weighted by atomic mass is 16.6. The molecule has 1 N–H and O–H groups in total. The fraction of sp³-hybridized carbons (Fsp3) is 0.316. The quantitative estimate of drug-likeness (QED) is 0.667. The lowest BCUT2D eigenvalue weighted by molar-refractivity contribution is -0.384. The van der Waals surface area contributed by atoms with Crippen molar-refractivity contribution in [1.82, 2.24) is 4.90 Å². The van der Waals surface area contributed by atoms with Crippen LogP contribution < -0.4 is 5.32 Å². The zero-order valence-corrected chi connectivity index (χ0v) is 13.9.